The summed E-state index contributed by atoms with van der Waals surface area (Å²) in [5, 5.41) is 4.77. The van der Waals surface area contributed by atoms with Crippen molar-refractivity contribution in [3.63, 3.8) is 0 Å². The van der Waals surface area contributed by atoms with Gasteiger partial charge in [0.15, 0.2) is 11.6 Å². The molecule has 0 unspecified atom stereocenters. The van der Waals surface area contributed by atoms with E-state index in [0.717, 1.165) is 12.1 Å². The summed E-state index contributed by atoms with van der Waals surface area (Å²) in [6, 6.07) is 3.55. The van der Waals surface area contributed by atoms with Crippen molar-refractivity contribution in [1.82, 2.24) is 4.98 Å². The number of pyridine rings is 1. The normalized spacial score (nSPS) is 11.4. The van der Waals surface area contributed by atoms with Gasteiger partial charge in [0.1, 0.15) is 11.5 Å². The van der Waals surface area contributed by atoms with Crippen molar-refractivity contribution in [1.29, 1.82) is 0 Å². The number of rotatable bonds is 4. The van der Waals surface area contributed by atoms with Gasteiger partial charge >= 0.3 is 0 Å². The van der Waals surface area contributed by atoms with E-state index in [0.29, 0.717) is 10.0 Å². The molecule has 0 aliphatic heterocycles. The Morgan fingerprint density at radius 2 is 1.95 bits per heavy atom. The molecule has 1 aromatic heterocycles. The molecule has 21 heavy (non-hydrogen) atoms. The van der Waals surface area contributed by atoms with Crippen LogP contribution in [0, 0.1) is 11.6 Å². The molecule has 0 bridgehead atoms. The van der Waals surface area contributed by atoms with E-state index < -0.39 is 32.3 Å². The van der Waals surface area contributed by atoms with Crippen molar-refractivity contribution in [3.05, 3.63) is 52.3 Å². The molecule has 9 heteroatoms. The molecule has 112 valence electrons. The van der Waals surface area contributed by atoms with Crippen molar-refractivity contribution >= 4 is 26.0 Å². The number of nitrogens with zero attached hydrogens (tertiary/aromatic N) is 1. The first-order valence-corrected chi connectivity index (χ1v) is 7.86. The Kier molecular flexibility index (Phi) is 4.55. The standard InChI is InChI=1S/C12H9BrF2N2O3S/c13-8-3-7(4-17-5-8)6-20-9-1-2-10(21(16,18)19)12(15)11(9)14/h1-5H,6H2,(H2,16,18,19). The Labute approximate surface area is 127 Å². The van der Waals surface area contributed by atoms with Crippen LogP contribution in [0.4, 0.5) is 8.78 Å². The highest BCUT2D eigenvalue weighted by atomic mass is 79.9. The fraction of sp³-hybridized carbons (Fsp3) is 0.0833. The number of sulfonamides is 1. The van der Waals surface area contributed by atoms with Gasteiger partial charge in [-0.25, -0.2) is 17.9 Å². The molecule has 2 N–H and O–H groups in total. The van der Waals surface area contributed by atoms with Crippen LogP contribution in [0.1, 0.15) is 5.56 Å². The molecule has 0 aliphatic rings. The zero-order chi connectivity index (χ0) is 15.6. The largest absolute Gasteiger partial charge is 0.486 e. The van der Waals surface area contributed by atoms with E-state index in [2.05, 4.69) is 20.9 Å². The molecule has 1 aromatic carbocycles. The lowest BCUT2D eigenvalue weighted by Crippen LogP contribution is -2.15. The number of benzene rings is 1. The summed E-state index contributed by atoms with van der Waals surface area (Å²) in [6.45, 7) is -0.0580. The number of primary sulfonamides is 1. The van der Waals surface area contributed by atoms with Crippen LogP contribution in [-0.2, 0) is 16.6 Å². The van der Waals surface area contributed by atoms with Gasteiger partial charge in [-0.2, -0.15) is 4.39 Å². The first-order chi connectivity index (χ1) is 9.79. The maximum absolute atomic E-state index is 13.7. The number of halogens is 3. The third kappa shape index (κ3) is 3.74. The second kappa shape index (κ2) is 6.04. The van der Waals surface area contributed by atoms with Gasteiger partial charge in [0.2, 0.25) is 15.8 Å². The third-order valence-corrected chi connectivity index (χ3v) is 3.84. The van der Waals surface area contributed by atoms with Gasteiger partial charge in [0, 0.05) is 22.4 Å². The summed E-state index contributed by atoms with van der Waals surface area (Å²) in [5.41, 5.74) is 0.625. The molecule has 0 atom stereocenters. The Morgan fingerprint density at radius 3 is 2.57 bits per heavy atom. The van der Waals surface area contributed by atoms with Crippen molar-refractivity contribution in [2.24, 2.45) is 5.14 Å². The molecule has 1 heterocycles. The monoisotopic (exact) mass is 378 g/mol. The van der Waals surface area contributed by atoms with Gasteiger partial charge < -0.3 is 4.74 Å². The highest BCUT2D eigenvalue weighted by Gasteiger charge is 2.21. The molecular weight excluding hydrogens is 370 g/mol. The van der Waals surface area contributed by atoms with Crippen LogP contribution >= 0.6 is 15.9 Å². The van der Waals surface area contributed by atoms with Gasteiger partial charge in [-0.05, 0) is 34.1 Å². The Morgan fingerprint density at radius 1 is 1.24 bits per heavy atom. The molecule has 5 nitrogen and oxygen atoms in total. The average molecular weight is 379 g/mol. The highest BCUT2D eigenvalue weighted by Crippen LogP contribution is 2.25. The number of aromatic nitrogens is 1. The summed E-state index contributed by atoms with van der Waals surface area (Å²) in [5.74, 6) is -3.40. The number of hydrogen-bond donors (Lipinski definition) is 1. The molecule has 0 amide bonds. The van der Waals surface area contributed by atoms with Crippen molar-refractivity contribution in [3.8, 4) is 5.75 Å². The summed E-state index contributed by atoms with van der Waals surface area (Å²) in [7, 11) is -4.33. The van der Waals surface area contributed by atoms with E-state index in [-0.39, 0.29) is 6.61 Å². The maximum Gasteiger partial charge on any atom is 0.241 e. The van der Waals surface area contributed by atoms with Crippen LogP contribution in [0.15, 0.2) is 40.0 Å². The molecule has 2 aromatic rings. The van der Waals surface area contributed by atoms with Crippen LogP contribution < -0.4 is 9.88 Å². The number of nitrogens with two attached hydrogens (primary N) is 1. The molecule has 0 radical (unpaired) electrons. The number of hydrogen-bond acceptors (Lipinski definition) is 4. The van der Waals surface area contributed by atoms with Gasteiger partial charge in [-0.15, -0.1) is 0 Å². The van der Waals surface area contributed by atoms with E-state index in [1.807, 2.05) is 0 Å². The predicted molar refractivity (Wildman–Crippen MR) is 74.0 cm³/mol. The molecule has 0 aliphatic carbocycles. The van der Waals surface area contributed by atoms with Crippen LogP contribution in [0.25, 0.3) is 0 Å². The fourth-order valence-corrected chi connectivity index (χ4v) is 2.55. The van der Waals surface area contributed by atoms with Crippen molar-refractivity contribution in [2.45, 2.75) is 11.5 Å². The zero-order valence-corrected chi connectivity index (χ0v) is 12.8. The van der Waals surface area contributed by atoms with Crippen molar-refractivity contribution < 1.29 is 21.9 Å². The zero-order valence-electron chi connectivity index (χ0n) is 10.4. The summed E-state index contributed by atoms with van der Waals surface area (Å²) < 4.78 is 55.3. The second-order valence-electron chi connectivity index (χ2n) is 4.03. The van der Waals surface area contributed by atoms with Gasteiger partial charge in [0.25, 0.3) is 0 Å². The summed E-state index contributed by atoms with van der Waals surface area (Å²) in [6.07, 6.45) is 3.06. The first-order valence-electron chi connectivity index (χ1n) is 5.52. The smallest absolute Gasteiger partial charge is 0.241 e. The molecule has 0 saturated heterocycles. The van der Waals surface area contributed by atoms with Gasteiger partial charge in [-0.1, -0.05) is 0 Å². The molecule has 0 fully saturated rings. The minimum atomic E-state index is -4.33. The second-order valence-corrected chi connectivity index (χ2v) is 6.48. The molecule has 2 rings (SSSR count). The first kappa shape index (κ1) is 15.8. The minimum Gasteiger partial charge on any atom is -0.486 e. The van der Waals surface area contributed by atoms with Gasteiger partial charge in [0.05, 0.1) is 0 Å². The van der Waals surface area contributed by atoms with Crippen LogP contribution in [0.3, 0.4) is 0 Å². The van der Waals surface area contributed by atoms with Crippen LogP contribution in [-0.4, -0.2) is 13.4 Å². The minimum absolute atomic E-state index is 0.0580. The van der Waals surface area contributed by atoms with Crippen molar-refractivity contribution in [2.75, 3.05) is 0 Å². The van der Waals surface area contributed by atoms with Crippen LogP contribution in [0.2, 0.25) is 0 Å². The third-order valence-electron chi connectivity index (χ3n) is 2.47. The van der Waals surface area contributed by atoms with E-state index >= 15 is 0 Å². The topological polar surface area (TPSA) is 82.3 Å². The lowest BCUT2D eigenvalue weighted by atomic mass is 10.3. The van der Waals surface area contributed by atoms with Crippen LogP contribution in [0.5, 0.6) is 5.75 Å². The lowest BCUT2D eigenvalue weighted by Gasteiger charge is -2.09. The predicted octanol–water partition coefficient (Wildman–Crippen LogP) is 2.35. The lowest BCUT2D eigenvalue weighted by molar-refractivity contribution is 0.282. The quantitative estimate of drug-likeness (QED) is 0.884. The summed E-state index contributed by atoms with van der Waals surface area (Å²) >= 11 is 3.21. The Hall–Kier alpha value is -1.58. The molecule has 0 saturated carbocycles. The highest BCUT2D eigenvalue weighted by molar-refractivity contribution is 9.10. The Balaban J connectivity index is 2.24. The molecular formula is C12H9BrF2N2O3S. The maximum atomic E-state index is 13.7. The number of ether oxygens (including phenoxy) is 1. The van der Waals surface area contributed by atoms with E-state index in [9.17, 15) is 17.2 Å². The van der Waals surface area contributed by atoms with E-state index in [1.165, 1.54) is 6.20 Å². The SMILES string of the molecule is NS(=O)(=O)c1ccc(OCc2cncc(Br)c2)c(F)c1F. The van der Waals surface area contributed by atoms with E-state index in [4.69, 9.17) is 9.88 Å². The average Bonchev–Trinajstić information content (AvgIpc) is 2.39. The van der Waals surface area contributed by atoms with E-state index in [1.54, 1.807) is 12.3 Å². The summed E-state index contributed by atoms with van der Waals surface area (Å²) in [4.78, 5) is 2.97. The molecule has 0 spiro atoms. The fourth-order valence-electron chi connectivity index (χ4n) is 1.54. The van der Waals surface area contributed by atoms with Gasteiger partial charge in [-0.3, -0.25) is 4.98 Å². The Bertz CT molecular complexity index is 784.